The summed E-state index contributed by atoms with van der Waals surface area (Å²) >= 11 is 5.76. The van der Waals surface area contributed by atoms with E-state index in [1.807, 2.05) is 12.1 Å². The number of oxime groups is 1. The highest BCUT2D eigenvalue weighted by Gasteiger charge is 2.01. The molecule has 0 radical (unpaired) electrons. The van der Waals surface area contributed by atoms with Gasteiger partial charge >= 0.3 is 5.97 Å². The summed E-state index contributed by atoms with van der Waals surface area (Å²) in [6.07, 6.45) is 7.49. The predicted molar refractivity (Wildman–Crippen MR) is 78.5 cm³/mol. The van der Waals surface area contributed by atoms with Crippen molar-refractivity contribution in [3.63, 3.8) is 0 Å². The van der Waals surface area contributed by atoms with Crippen LogP contribution in [0.25, 0.3) is 0 Å². The Morgan fingerprint density at radius 2 is 1.89 bits per heavy atom. The standard InChI is InChI=1S/C15H20ClNO2/c1-2-3-4-5-6-7-15(18)19-17-12-13-8-10-14(16)11-9-13/h8-12H,2-7H2,1H3/b17-12+. The monoisotopic (exact) mass is 281 g/mol. The molecule has 1 aromatic carbocycles. The van der Waals surface area contributed by atoms with E-state index in [1.165, 1.54) is 25.5 Å². The lowest BCUT2D eigenvalue weighted by atomic mass is 10.1. The lowest BCUT2D eigenvalue weighted by molar-refractivity contribution is -0.143. The van der Waals surface area contributed by atoms with Crippen LogP contribution < -0.4 is 0 Å². The summed E-state index contributed by atoms with van der Waals surface area (Å²) in [5.41, 5.74) is 0.847. The number of hydrogen-bond donors (Lipinski definition) is 0. The molecule has 0 heterocycles. The van der Waals surface area contributed by atoms with Crippen LogP contribution in [0.5, 0.6) is 0 Å². The van der Waals surface area contributed by atoms with Crippen molar-refractivity contribution >= 4 is 23.8 Å². The molecular formula is C15H20ClNO2. The lowest BCUT2D eigenvalue weighted by Crippen LogP contribution is -1.99. The maximum atomic E-state index is 11.4. The van der Waals surface area contributed by atoms with Crippen LogP contribution in [0, 0.1) is 0 Å². The number of nitrogens with zero attached hydrogens (tertiary/aromatic N) is 1. The minimum Gasteiger partial charge on any atom is -0.318 e. The van der Waals surface area contributed by atoms with E-state index < -0.39 is 0 Å². The number of benzene rings is 1. The van der Waals surface area contributed by atoms with Gasteiger partial charge in [0.2, 0.25) is 0 Å². The van der Waals surface area contributed by atoms with E-state index in [0.29, 0.717) is 11.4 Å². The van der Waals surface area contributed by atoms with Gasteiger partial charge in [0.25, 0.3) is 0 Å². The van der Waals surface area contributed by atoms with Crippen molar-refractivity contribution < 1.29 is 9.63 Å². The molecule has 4 heteroatoms. The Kier molecular flexibility index (Phi) is 7.91. The van der Waals surface area contributed by atoms with Gasteiger partial charge in [0, 0.05) is 11.4 Å². The highest BCUT2D eigenvalue weighted by atomic mass is 35.5. The Morgan fingerprint density at radius 1 is 1.21 bits per heavy atom. The Morgan fingerprint density at radius 3 is 2.58 bits per heavy atom. The molecule has 104 valence electrons. The van der Waals surface area contributed by atoms with Crippen LogP contribution in [0.2, 0.25) is 5.02 Å². The molecule has 0 fully saturated rings. The van der Waals surface area contributed by atoms with Crippen LogP contribution in [-0.4, -0.2) is 12.2 Å². The normalized spacial score (nSPS) is 10.8. The van der Waals surface area contributed by atoms with Crippen molar-refractivity contribution in [2.24, 2.45) is 5.16 Å². The van der Waals surface area contributed by atoms with Crippen molar-refractivity contribution in [1.29, 1.82) is 0 Å². The van der Waals surface area contributed by atoms with Crippen LogP contribution in [0.15, 0.2) is 29.4 Å². The number of hydrogen-bond acceptors (Lipinski definition) is 3. The molecule has 0 aromatic heterocycles. The zero-order chi connectivity index (χ0) is 13.9. The quantitative estimate of drug-likeness (QED) is 0.303. The van der Waals surface area contributed by atoms with Crippen molar-refractivity contribution in [3.05, 3.63) is 34.9 Å². The third kappa shape index (κ3) is 7.62. The first-order chi connectivity index (χ1) is 9.22. The summed E-state index contributed by atoms with van der Waals surface area (Å²) in [7, 11) is 0. The van der Waals surface area contributed by atoms with E-state index in [-0.39, 0.29) is 5.97 Å². The highest BCUT2D eigenvalue weighted by molar-refractivity contribution is 6.30. The van der Waals surface area contributed by atoms with Gasteiger partial charge in [0.05, 0.1) is 6.21 Å². The third-order valence-electron chi connectivity index (χ3n) is 2.71. The van der Waals surface area contributed by atoms with E-state index in [2.05, 4.69) is 12.1 Å². The number of rotatable bonds is 8. The number of unbranched alkanes of at least 4 members (excludes halogenated alkanes) is 4. The van der Waals surface area contributed by atoms with Gasteiger partial charge in [-0.3, -0.25) is 0 Å². The summed E-state index contributed by atoms with van der Waals surface area (Å²) in [4.78, 5) is 16.1. The first kappa shape index (κ1) is 15.7. The highest BCUT2D eigenvalue weighted by Crippen LogP contribution is 2.08. The Labute approximate surface area is 119 Å². The van der Waals surface area contributed by atoms with Crippen molar-refractivity contribution in [2.75, 3.05) is 0 Å². The third-order valence-corrected chi connectivity index (χ3v) is 2.96. The van der Waals surface area contributed by atoms with E-state index in [9.17, 15) is 4.79 Å². The van der Waals surface area contributed by atoms with Gasteiger partial charge in [-0.2, -0.15) is 0 Å². The molecule has 1 rings (SSSR count). The molecule has 0 saturated heterocycles. The molecule has 0 saturated carbocycles. The first-order valence-electron chi connectivity index (χ1n) is 6.71. The van der Waals surface area contributed by atoms with E-state index >= 15 is 0 Å². The van der Waals surface area contributed by atoms with Gasteiger partial charge in [0.1, 0.15) is 0 Å². The maximum Gasteiger partial charge on any atom is 0.335 e. The molecule has 0 atom stereocenters. The topological polar surface area (TPSA) is 38.7 Å². The van der Waals surface area contributed by atoms with Crippen molar-refractivity contribution in [3.8, 4) is 0 Å². The molecule has 19 heavy (non-hydrogen) atoms. The van der Waals surface area contributed by atoms with E-state index in [4.69, 9.17) is 16.4 Å². The molecule has 0 N–H and O–H groups in total. The van der Waals surface area contributed by atoms with Gasteiger partial charge in [-0.15, -0.1) is 0 Å². The molecule has 0 spiro atoms. The summed E-state index contributed by atoms with van der Waals surface area (Å²) in [6.45, 7) is 2.17. The minimum atomic E-state index is -0.276. The fourth-order valence-electron chi connectivity index (χ4n) is 1.61. The zero-order valence-corrected chi connectivity index (χ0v) is 12.0. The fraction of sp³-hybridized carbons (Fsp3) is 0.467. The van der Waals surface area contributed by atoms with Crippen LogP contribution in [0.4, 0.5) is 0 Å². The summed E-state index contributed by atoms with van der Waals surface area (Å²) in [5, 5.41) is 4.34. The molecule has 0 amide bonds. The number of carbonyl (C=O) groups is 1. The maximum absolute atomic E-state index is 11.4. The first-order valence-corrected chi connectivity index (χ1v) is 7.09. The van der Waals surface area contributed by atoms with Gasteiger partial charge < -0.3 is 4.84 Å². The second kappa shape index (κ2) is 9.56. The lowest BCUT2D eigenvalue weighted by Gasteiger charge is -1.98. The minimum absolute atomic E-state index is 0.276. The number of halogens is 1. The average Bonchev–Trinajstić information content (AvgIpc) is 2.41. The Balaban J connectivity index is 2.17. The molecule has 0 unspecified atom stereocenters. The predicted octanol–water partition coefficient (Wildman–Crippen LogP) is 4.58. The van der Waals surface area contributed by atoms with Gasteiger partial charge in [0.15, 0.2) is 0 Å². The van der Waals surface area contributed by atoms with Crippen molar-refractivity contribution in [1.82, 2.24) is 0 Å². The zero-order valence-electron chi connectivity index (χ0n) is 11.3. The molecule has 0 aliphatic carbocycles. The number of carbonyl (C=O) groups excluding carboxylic acids is 1. The summed E-state index contributed by atoms with van der Waals surface area (Å²) < 4.78 is 0. The second-order valence-electron chi connectivity index (χ2n) is 4.41. The van der Waals surface area contributed by atoms with Gasteiger partial charge in [-0.05, 0) is 24.1 Å². The summed E-state index contributed by atoms with van der Waals surface area (Å²) in [5.74, 6) is -0.276. The van der Waals surface area contributed by atoms with Gasteiger partial charge in [-0.1, -0.05) is 61.5 Å². The average molecular weight is 282 g/mol. The van der Waals surface area contributed by atoms with E-state index in [0.717, 1.165) is 18.4 Å². The Hall–Kier alpha value is -1.35. The SMILES string of the molecule is CCCCCCCC(=O)O/N=C/c1ccc(Cl)cc1. The molecule has 0 bridgehead atoms. The Bertz CT molecular complexity index is 401. The fourth-order valence-corrected chi connectivity index (χ4v) is 1.74. The van der Waals surface area contributed by atoms with Crippen LogP contribution in [0.1, 0.15) is 51.0 Å². The van der Waals surface area contributed by atoms with Crippen LogP contribution in [0.3, 0.4) is 0 Å². The van der Waals surface area contributed by atoms with Gasteiger partial charge in [-0.25, -0.2) is 4.79 Å². The summed E-state index contributed by atoms with van der Waals surface area (Å²) in [6, 6.07) is 7.14. The van der Waals surface area contributed by atoms with E-state index in [1.54, 1.807) is 12.1 Å². The second-order valence-corrected chi connectivity index (χ2v) is 4.85. The van der Waals surface area contributed by atoms with Crippen molar-refractivity contribution in [2.45, 2.75) is 45.4 Å². The smallest absolute Gasteiger partial charge is 0.318 e. The molecular weight excluding hydrogens is 262 g/mol. The van der Waals surface area contributed by atoms with Crippen LogP contribution in [-0.2, 0) is 9.63 Å². The largest absolute Gasteiger partial charge is 0.335 e. The molecule has 0 aliphatic rings. The molecule has 0 aliphatic heterocycles. The van der Waals surface area contributed by atoms with Crippen LogP contribution >= 0.6 is 11.6 Å². The molecule has 1 aromatic rings. The molecule has 3 nitrogen and oxygen atoms in total.